The van der Waals surface area contributed by atoms with Crippen LogP contribution in [-0.2, 0) is 30.4 Å². The standard InChI is InChI=1S/C15H16O5/c16-14-6-11-12(19-14)7-15(17)20-13(11)9-18-8-10-4-2-1-3-5-10/h1-5,11-13H,6-9H2/t11-,12-,13?/m0/s1. The molecule has 0 aromatic heterocycles. The molecule has 20 heavy (non-hydrogen) atoms. The minimum atomic E-state index is -0.392. The SMILES string of the molecule is O=C1C[C@@H]2OC(=O)C[C@@H]2C(COCc2ccccc2)O1. The normalized spacial score (nSPS) is 28.7. The van der Waals surface area contributed by atoms with Gasteiger partial charge in [-0.25, -0.2) is 0 Å². The molecule has 3 rings (SSSR count). The molecular formula is C15H16O5. The molecule has 0 amide bonds. The summed E-state index contributed by atoms with van der Waals surface area (Å²) in [6.07, 6.45) is -0.270. The molecule has 2 aliphatic heterocycles. The van der Waals surface area contributed by atoms with Crippen molar-refractivity contribution in [2.24, 2.45) is 5.92 Å². The smallest absolute Gasteiger partial charge is 0.309 e. The molecule has 2 fully saturated rings. The number of carbonyl (C=O) groups is 2. The number of esters is 2. The lowest BCUT2D eigenvalue weighted by atomic mass is 9.91. The Kier molecular flexibility index (Phi) is 3.69. The molecule has 2 saturated heterocycles. The van der Waals surface area contributed by atoms with Gasteiger partial charge < -0.3 is 14.2 Å². The Morgan fingerprint density at radius 3 is 2.60 bits per heavy atom. The van der Waals surface area contributed by atoms with E-state index in [9.17, 15) is 9.59 Å². The minimum Gasteiger partial charge on any atom is -0.461 e. The molecule has 1 aromatic carbocycles. The second-order valence-electron chi connectivity index (χ2n) is 5.13. The summed E-state index contributed by atoms with van der Waals surface area (Å²) in [6.45, 7) is 0.750. The molecule has 0 radical (unpaired) electrons. The third-order valence-corrected chi connectivity index (χ3v) is 3.68. The molecule has 3 atom stereocenters. The van der Waals surface area contributed by atoms with E-state index < -0.39 is 6.10 Å². The van der Waals surface area contributed by atoms with E-state index in [-0.39, 0.29) is 30.4 Å². The van der Waals surface area contributed by atoms with Crippen LogP contribution in [0.3, 0.4) is 0 Å². The van der Waals surface area contributed by atoms with Gasteiger partial charge in [0.2, 0.25) is 0 Å². The molecule has 0 aliphatic carbocycles. The van der Waals surface area contributed by atoms with Crippen molar-refractivity contribution in [1.82, 2.24) is 0 Å². The highest BCUT2D eigenvalue weighted by Gasteiger charge is 2.46. The molecule has 5 nitrogen and oxygen atoms in total. The third-order valence-electron chi connectivity index (χ3n) is 3.68. The molecule has 1 unspecified atom stereocenters. The summed E-state index contributed by atoms with van der Waals surface area (Å²) < 4.78 is 16.0. The van der Waals surface area contributed by atoms with Crippen LogP contribution in [0.25, 0.3) is 0 Å². The van der Waals surface area contributed by atoms with Gasteiger partial charge in [0.25, 0.3) is 0 Å². The van der Waals surface area contributed by atoms with Crippen molar-refractivity contribution in [3.63, 3.8) is 0 Å². The average molecular weight is 276 g/mol. The highest BCUT2D eigenvalue weighted by molar-refractivity contribution is 5.77. The van der Waals surface area contributed by atoms with Crippen molar-refractivity contribution < 1.29 is 23.8 Å². The second-order valence-corrected chi connectivity index (χ2v) is 5.13. The topological polar surface area (TPSA) is 61.8 Å². The van der Waals surface area contributed by atoms with Gasteiger partial charge in [0.15, 0.2) is 0 Å². The number of benzene rings is 1. The van der Waals surface area contributed by atoms with Gasteiger partial charge in [0, 0.05) is 5.92 Å². The summed E-state index contributed by atoms with van der Waals surface area (Å²) in [7, 11) is 0. The van der Waals surface area contributed by atoms with Crippen molar-refractivity contribution >= 4 is 11.9 Å². The van der Waals surface area contributed by atoms with Gasteiger partial charge in [0.1, 0.15) is 12.2 Å². The van der Waals surface area contributed by atoms with Crippen LogP contribution in [0, 0.1) is 5.92 Å². The highest BCUT2D eigenvalue weighted by atomic mass is 16.6. The zero-order chi connectivity index (χ0) is 13.9. The van der Waals surface area contributed by atoms with Crippen LogP contribution < -0.4 is 0 Å². The molecule has 5 heteroatoms. The Hall–Kier alpha value is -1.88. The zero-order valence-electron chi connectivity index (χ0n) is 11.0. The fourth-order valence-corrected chi connectivity index (χ4v) is 2.69. The summed E-state index contributed by atoms with van der Waals surface area (Å²) >= 11 is 0. The van der Waals surface area contributed by atoms with Crippen molar-refractivity contribution in [1.29, 1.82) is 0 Å². The van der Waals surface area contributed by atoms with Crippen molar-refractivity contribution in [2.45, 2.75) is 31.7 Å². The van der Waals surface area contributed by atoms with Crippen LogP contribution in [0.5, 0.6) is 0 Å². The maximum atomic E-state index is 11.5. The largest absolute Gasteiger partial charge is 0.461 e. The molecule has 0 N–H and O–H groups in total. The highest BCUT2D eigenvalue weighted by Crippen LogP contribution is 2.33. The Labute approximate surface area is 116 Å². The second kappa shape index (κ2) is 5.63. The van der Waals surface area contributed by atoms with Gasteiger partial charge in [-0.3, -0.25) is 9.59 Å². The summed E-state index contributed by atoms with van der Waals surface area (Å²) in [5.41, 5.74) is 1.06. The molecule has 1 aromatic rings. The summed E-state index contributed by atoms with van der Waals surface area (Å²) in [5.74, 6) is -0.656. The van der Waals surface area contributed by atoms with Gasteiger partial charge in [0.05, 0.1) is 26.1 Å². The van der Waals surface area contributed by atoms with E-state index in [1.807, 2.05) is 30.3 Å². The number of carbonyl (C=O) groups excluding carboxylic acids is 2. The van der Waals surface area contributed by atoms with Gasteiger partial charge in [-0.15, -0.1) is 0 Å². The maximum Gasteiger partial charge on any atom is 0.309 e. The van der Waals surface area contributed by atoms with Gasteiger partial charge in [-0.1, -0.05) is 30.3 Å². The molecule has 2 heterocycles. The van der Waals surface area contributed by atoms with Gasteiger partial charge in [-0.05, 0) is 5.56 Å². The Bertz CT molecular complexity index is 498. The summed E-state index contributed by atoms with van der Waals surface area (Å²) in [5, 5.41) is 0. The van der Waals surface area contributed by atoms with Crippen molar-refractivity contribution in [2.75, 3.05) is 6.61 Å². The number of hydrogen-bond donors (Lipinski definition) is 0. The number of hydrogen-bond acceptors (Lipinski definition) is 5. The van der Waals surface area contributed by atoms with Crippen LogP contribution in [0.2, 0.25) is 0 Å². The van der Waals surface area contributed by atoms with Crippen LogP contribution in [0.15, 0.2) is 30.3 Å². The Balaban J connectivity index is 1.56. The van der Waals surface area contributed by atoms with E-state index in [0.29, 0.717) is 19.6 Å². The first-order valence-electron chi connectivity index (χ1n) is 6.73. The number of fused-ring (bicyclic) bond motifs is 1. The first kappa shape index (κ1) is 13.1. The third kappa shape index (κ3) is 2.82. The van der Waals surface area contributed by atoms with Crippen LogP contribution in [0.4, 0.5) is 0 Å². The van der Waals surface area contributed by atoms with Crippen LogP contribution in [0.1, 0.15) is 18.4 Å². The number of ether oxygens (including phenoxy) is 3. The van der Waals surface area contributed by atoms with Crippen molar-refractivity contribution in [3.8, 4) is 0 Å². The molecule has 0 bridgehead atoms. The van der Waals surface area contributed by atoms with E-state index in [4.69, 9.17) is 14.2 Å². The first-order valence-corrected chi connectivity index (χ1v) is 6.73. The lowest BCUT2D eigenvalue weighted by Gasteiger charge is -2.30. The Morgan fingerprint density at radius 2 is 1.80 bits per heavy atom. The summed E-state index contributed by atoms with van der Waals surface area (Å²) in [6, 6.07) is 9.77. The predicted molar refractivity (Wildman–Crippen MR) is 68.6 cm³/mol. The van der Waals surface area contributed by atoms with Crippen molar-refractivity contribution in [3.05, 3.63) is 35.9 Å². The molecular weight excluding hydrogens is 260 g/mol. The van der Waals surface area contributed by atoms with E-state index in [1.54, 1.807) is 0 Å². The number of cyclic esters (lactones) is 1. The monoisotopic (exact) mass is 276 g/mol. The van der Waals surface area contributed by atoms with E-state index in [2.05, 4.69) is 0 Å². The van der Waals surface area contributed by atoms with Gasteiger partial charge >= 0.3 is 11.9 Å². The fourth-order valence-electron chi connectivity index (χ4n) is 2.69. The Morgan fingerprint density at radius 1 is 1.05 bits per heavy atom. The lowest BCUT2D eigenvalue weighted by molar-refractivity contribution is -0.171. The molecule has 0 saturated carbocycles. The minimum absolute atomic E-state index is 0.0732. The number of rotatable bonds is 4. The molecule has 2 aliphatic rings. The lowest BCUT2D eigenvalue weighted by Crippen LogP contribution is -2.42. The predicted octanol–water partition coefficient (Wildman–Crippen LogP) is 1.45. The molecule has 0 spiro atoms. The zero-order valence-corrected chi connectivity index (χ0v) is 11.0. The van der Waals surface area contributed by atoms with Crippen LogP contribution in [-0.4, -0.2) is 30.8 Å². The van der Waals surface area contributed by atoms with E-state index in [1.165, 1.54) is 0 Å². The van der Waals surface area contributed by atoms with Gasteiger partial charge in [-0.2, -0.15) is 0 Å². The molecule has 106 valence electrons. The first-order chi connectivity index (χ1) is 9.72. The van der Waals surface area contributed by atoms with E-state index in [0.717, 1.165) is 5.56 Å². The quantitative estimate of drug-likeness (QED) is 0.779. The fraction of sp³-hybridized carbons (Fsp3) is 0.467. The van der Waals surface area contributed by atoms with Crippen LogP contribution >= 0.6 is 0 Å². The average Bonchev–Trinajstić information content (AvgIpc) is 2.80. The maximum absolute atomic E-state index is 11.5. The summed E-state index contributed by atoms with van der Waals surface area (Å²) in [4.78, 5) is 22.8. The van der Waals surface area contributed by atoms with E-state index >= 15 is 0 Å².